The Morgan fingerprint density at radius 1 is 1.25 bits per heavy atom. The Kier molecular flexibility index (Phi) is 7.66. The van der Waals surface area contributed by atoms with E-state index in [1.54, 1.807) is 12.1 Å². The number of benzene rings is 1. The van der Waals surface area contributed by atoms with E-state index in [-0.39, 0.29) is 56.3 Å². The molecule has 1 saturated heterocycles. The third kappa shape index (κ3) is 5.88. The maximum absolute atomic E-state index is 13.3. The maximum Gasteiger partial charge on any atom is 0.389 e. The Balaban J connectivity index is 1.69. The molecular formula is C24H23ClF3N5O3. The van der Waals surface area contributed by atoms with Crippen molar-refractivity contribution in [2.75, 3.05) is 19.7 Å². The number of hydrogen-bond acceptors (Lipinski definition) is 5. The van der Waals surface area contributed by atoms with Crippen LogP contribution >= 0.6 is 11.6 Å². The molecule has 12 heteroatoms. The number of nitrogens with zero attached hydrogens (tertiary/aromatic N) is 5. The van der Waals surface area contributed by atoms with Gasteiger partial charge in [-0.05, 0) is 12.0 Å². The van der Waals surface area contributed by atoms with Gasteiger partial charge >= 0.3 is 6.18 Å². The molecule has 1 fully saturated rings. The fraction of sp³-hybridized carbons (Fsp3) is 0.417. The number of halogens is 4. The molecule has 1 aliphatic heterocycles. The second-order valence-corrected chi connectivity index (χ2v) is 8.77. The van der Waals surface area contributed by atoms with Crippen molar-refractivity contribution in [2.45, 2.75) is 44.0 Å². The molecular weight excluding hydrogens is 499 g/mol. The summed E-state index contributed by atoms with van der Waals surface area (Å²) in [6.07, 6.45) is -3.60. The van der Waals surface area contributed by atoms with Gasteiger partial charge < -0.3 is 14.2 Å². The van der Waals surface area contributed by atoms with Crippen LogP contribution in [0.25, 0.3) is 17.0 Å². The largest absolute Gasteiger partial charge is 0.389 e. The van der Waals surface area contributed by atoms with Gasteiger partial charge in [-0.3, -0.25) is 14.0 Å². The Morgan fingerprint density at radius 2 is 2.00 bits per heavy atom. The molecule has 0 aliphatic carbocycles. The van der Waals surface area contributed by atoms with Crippen LogP contribution in [0.3, 0.4) is 0 Å². The monoisotopic (exact) mass is 521 g/mol. The number of aromatic nitrogens is 3. The second kappa shape index (κ2) is 10.7. The predicted octanol–water partition coefficient (Wildman–Crippen LogP) is 3.54. The molecule has 0 radical (unpaired) electrons. The smallest absolute Gasteiger partial charge is 0.360 e. The molecule has 0 bridgehead atoms. The van der Waals surface area contributed by atoms with Gasteiger partial charge in [0.05, 0.1) is 31.3 Å². The molecule has 1 aliphatic rings. The lowest BCUT2D eigenvalue weighted by molar-refractivity contribution is -0.136. The number of hydrogen-bond donors (Lipinski definition) is 0. The van der Waals surface area contributed by atoms with E-state index in [0.29, 0.717) is 17.1 Å². The van der Waals surface area contributed by atoms with Gasteiger partial charge in [0.25, 0.3) is 5.56 Å². The van der Waals surface area contributed by atoms with Gasteiger partial charge in [-0.1, -0.05) is 24.3 Å². The summed E-state index contributed by atoms with van der Waals surface area (Å²) in [4.78, 5) is 32.1. The average Bonchev–Trinajstić information content (AvgIpc) is 3.32. The van der Waals surface area contributed by atoms with Crippen LogP contribution in [0.1, 0.15) is 24.0 Å². The first-order chi connectivity index (χ1) is 17.2. The molecule has 3 aromatic rings. The number of aryl methyl sites for hydroxylation is 1. The van der Waals surface area contributed by atoms with Gasteiger partial charge in [-0.2, -0.15) is 18.4 Å². The first-order valence-electron chi connectivity index (χ1n) is 11.3. The van der Waals surface area contributed by atoms with E-state index in [1.165, 1.54) is 26.3 Å². The first-order valence-corrected chi connectivity index (χ1v) is 11.8. The zero-order valence-corrected chi connectivity index (χ0v) is 19.9. The van der Waals surface area contributed by atoms with E-state index < -0.39 is 24.3 Å². The van der Waals surface area contributed by atoms with Crippen molar-refractivity contribution in [3.8, 4) is 17.3 Å². The molecule has 1 atom stereocenters. The van der Waals surface area contributed by atoms with Crippen LogP contribution in [0.2, 0.25) is 0 Å². The van der Waals surface area contributed by atoms with Crippen molar-refractivity contribution in [3.05, 3.63) is 58.1 Å². The summed E-state index contributed by atoms with van der Waals surface area (Å²) >= 11 is 5.84. The second-order valence-electron chi connectivity index (χ2n) is 8.50. The van der Waals surface area contributed by atoms with Crippen LogP contribution in [-0.2, 0) is 28.4 Å². The van der Waals surface area contributed by atoms with Crippen LogP contribution in [0.5, 0.6) is 0 Å². The summed E-state index contributed by atoms with van der Waals surface area (Å²) in [6.45, 7) is 0.537. The summed E-state index contributed by atoms with van der Waals surface area (Å²) < 4.78 is 46.3. The van der Waals surface area contributed by atoms with Crippen molar-refractivity contribution in [3.63, 3.8) is 0 Å². The third-order valence-electron chi connectivity index (χ3n) is 5.92. The maximum atomic E-state index is 13.3. The average molecular weight is 522 g/mol. The van der Waals surface area contributed by atoms with Crippen LogP contribution in [-0.4, -0.2) is 56.7 Å². The number of alkyl halides is 4. The predicted molar refractivity (Wildman–Crippen MR) is 125 cm³/mol. The molecule has 0 N–H and O–H groups in total. The SMILES string of the molecule is N#CC1CN(C(=O)Cc2cn(CCCC(F)(F)F)c3nc(-c4ccc(CCl)cc4)cn3c2=O)CCO1. The lowest BCUT2D eigenvalue weighted by Crippen LogP contribution is -2.46. The molecule has 4 rings (SSSR count). The Morgan fingerprint density at radius 3 is 2.67 bits per heavy atom. The van der Waals surface area contributed by atoms with Gasteiger partial charge in [0.1, 0.15) is 0 Å². The number of imidazole rings is 1. The van der Waals surface area contributed by atoms with Crippen molar-refractivity contribution in [1.82, 2.24) is 18.9 Å². The minimum atomic E-state index is -4.31. The molecule has 2 aromatic heterocycles. The number of morpholine rings is 1. The molecule has 1 aromatic carbocycles. The van der Waals surface area contributed by atoms with Gasteiger partial charge in [0.2, 0.25) is 11.7 Å². The van der Waals surface area contributed by atoms with E-state index in [1.807, 2.05) is 18.2 Å². The summed E-state index contributed by atoms with van der Waals surface area (Å²) in [5.74, 6) is 0.157. The fourth-order valence-corrected chi connectivity index (χ4v) is 4.22. The van der Waals surface area contributed by atoms with Gasteiger partial charge in [-0.15, -0.1) is 11.6 Å². The number of carbonyl (C=O) groups excluding carboxylic acids is 1. The summed E-state index contributed by atoms with van der Waals surface area (Å²) in [5, 5.41) is 9.08. The summed E-state index contributed by atoms with van der Waals surface area (Å²) in [5.41, 5.74) is 1.72. The van der Waals surface area contributed by atoms with E-state index >= 15 is 0 Å². The molecule has 1 unspecified atom stereocenters. The highest BCUT2D eigenvalue weighted by Crippen LogP contribution is 2.23. The van der Waals surface area contributed by atoms with Crippen LogP contribution < -0.4 is 5.56 Å². The Hall–Kier alpha value is -3.36. The van der Waals surface area contributed by atoms with Crippen LogP contribution in [0, 0.1) is 11.3 Å². The zero-order chi connectivity index (χ0) is 25.9. The van der Waals surface area contributed by atoms with Gasteiger partial charge in [0, 0.05) is 48.9 Å². The Labute approximate surface area is 209 Å². The Bertz CT molecular complexity index is 1340. The highest BCUT2D eigenvalue weighted by atomic mass is 35.5. The number of fused-ring (bicyclic) bond motifs is 1. The summed E-state index contributed by atoms with van der Waals surface area (Å²) in [6, 6.07) is 9.20. The number of ether oxygens (including phenoxy) is 1. The third-order valence-corrected chi connectivity index (χ3v) is 6.23. The molecule has 36 heavy (non-hydrogen) atoms. The van der Waals surface area contributed by atoms with Crippen molar-refractivity contribution < 1.29 is 22.7 Å². The molecule has 0 saturated carbocycles. The highest BCUT2D eigenvalue weighted by Gasteiger charge is 2.27. The van der Waals surface area contributed by atoms with Gasteiger partial charge in [0.15, 0.2) is 6.10 Å². The highest BCUT2D eigenvalue weighted by molar-refractivity contribution is 6.17. The lowest BCUT2D eigenvalue weighted by atomic mass is 10.1. The molecule has 190 valence electrons. The topological polar surface area (TPSA) is 92.6 Å². The molecule has 1 amide bonds. The number of carbonyl (C=O) groups is 1. The summed E-state index contributed by atoms with van der Waals surface area (Å²) in [7, 11) is 0. The van der Waals surface area contributed by atoms with Crippen molar-refractivity contribution in [1.29, 1.82) is 5.26 Å². The quantitative estimate of drug-likeness (QED) is 0.443. The number of amides is 1. The van der Waals surface area contributed by atoms with Crippen LogP contribution in [0.4, 0.5) is 13.2 Å². The first kappa shape index (κ1) is 25.7. The van der Waals surface area contributed by atoms with E-state index in [2.05, 4.69) is 4.98 Å². The van der Waals surface area contributed by atoms with E-state index in [0.717, 1.165) is 5.56 Å². The van der Waals surface area contributed by atoms with Crippen molar-refractivity contribution >= 4 is 23.3 Å². The number of rotatable bonds is 7. The number of nitriles is 1. The van der Waals surface area contributed by atoms with Crippen molar-refractivity contribution in [2.24, 2.45) is 0 Å². The van der Waals surface area contributed by atoms with E-state index in [4.69, 9.17) is 21.6 Å². The molecule has 3 heterocycles. The minimum Gasteiger partial charge on any atom is -0.360 e. The van der Waals surface area contributed by atoms with Crippen LogP contribution in [0.15, 0.2) is 41.5 Å². The standard InChI is InChI=1S/C24H23ClF3N5O3/c25-11-16-2-4-17(5-3-16)20-15-33-22(35)18(10-21(34)31-8-9-36-19(12-29)14-31)13-32(23(33)30-20)7-1-6-24(26,27)28/h2-5,13,15,19H,1,6-11,14H2. The fourth-order valence-electron chi connectivity index (χ4n) is 4.05. The normalized spacial score (nSPS) is 16.3. The minimum absolute atomic E-state index is 0.0415. The molecule has 8 nitrogen and oxygen atoms in total. The van der Waals surface area contributed by atoms with Gasteiger partial charge in [-0.25, -0.2) is 4.98 Å². The molecule has 0 spiro atoms. The van der Waals surface area contributed by atoms with E-state index in [9.17, 15) is 22.8 Å². The lowest BCUT2D eigenvalue weighted by Gasteiger charge is -2.29. The zero-order valence-electron chi connectivity index (χ0n) is 19.2.